The fraction of sp³-hybridized carbons (Fsp3) is 0.167. The maximum Gasteiger partial charge on any atom is 0.359 e. The molecule has 4 nitrogen and oxygen atoms in total. The molecule has 16 heavy (non-hydrogen) atoms. The Labute approximate surface area is 93.0 Å². The van der Waals surface area contributed by atoms with Gasteiger partial charge in [-0.25, -0.2) is 4.79 Å². The van der Waals surface area contributed by atoms with Gasteiger partial charge in [-0.05, 0) is 31.2 Å². The molecule has 0 fully saturated rings. The van der Waals surface area contributed by atoms with Crippen molar-refractivity contribution in [3.63, 3.8) is 0 Å². The first-order valence-corrected chi connectivity index (χ1v) is 5.09. The summed E-state index contributed by atoms with van der Waals surface area (Å²) in [5, 5.41) is 2.93. The zero-order valence-electron chi connectivity index (χ0n) is 8.93. The van der Waals surface area contributed by atoms with E-state index in [4.69, 9.17) is 4.42 Å². The van der Waals surface area contributed by atoms with E-state index >= 15 is 0 Å². The van der Waals surface area contributed by atoms with E-state index in [1.807, 2.05) is 13.0 Å². The molecule has 0 amide bonds. The molecule has 1 N–H and O–H groups in total. The molecule has 0 saturated heterocycles. The van der Waals surface area contributed by atoms with E-state index in [2.05, 4.69) is 10.3 Å². The van der Waals surface area contributed by atoms with E-state index < -0.39 is 0 Å². The minimum Gasteiger partial charge on any atom is -0.421 e. The average Bonchev–Trinajstić information content (AvgIpc) is 2.33. The summed E-state index contributed by atoms with van der Waals surface area (Å²) in [4.78, 5) is 15.5. The van der Waals surface area contributed by atoms with Crippen molar-refractivity contribution in [2.45, 2.75) is 6.92 Å². The van der Waals surface area contributed by atoms with Crippen molar-refractivity contribution in [2.75, 3.05) is 11.9 Å². The summed E-state index contributed by atoms with van der Waals surface area (Å²) in [6.07, 6.45) is 3.33. The lowest BCUT2D eigenvalue weighted by atomic mass is 10.2. The number of nitrogens with zero attached hydrogens (tertiary/aromatic N) is 1. The van der Waals surface area contributed by atoms with Crippen molar-refractivity contribution in [3.8, 4) is 11.3 Å². The minimum atomic E-state index is -0.358. The Morgan fingerprint density at radius 1 is 1.38 bits per heavy atom. The maximum absolute atomic E-state index is 11.6. The van der Waals surface area contributed by atoms with Gasteiger partial charge in [0.15, 0.2) is 0 Å². The lowest BCUT2D eigenvalue weighted by Crippen LogP contribution is -2.09. The number of rotatable bonds is 3. The zero-order chi connectivity index (χ0) is 11.4. The number of hydrogen-bond acceptors (Lipinski definition) is 4. The van der Waals surface area contributed by atoms with Crippen molar-refractivity contribution in [1.29, 1.82) is 0 Å². The molecule has 0 aromatic carbocycles. The van der Waals surface area contributed by atoms with Crippen molar-refractivity contribution in [3.05, 3.63) is 47.1 Å². The van der Waals surface area contributed by atoms with Crippen LogP contribution >= 0.6 is 0 Å². The summed E-state index contributed by atoms with van der Waals surface area (Å²) < 4.78 is 5.19. The number of hydrogen-bond donors (Lipinski definition) is 1. The van der Waals surface area contributed by atoms with Gasteiger partial charge in [-0.2, -0.15) is 0 Å². The molecule has 0 aliphatic heterocycles. The van der Waals surface area contributed by atoms with Crippen LogP contribution in [-0.2, 0) is 0 Å². The molecule has 82 valence electrons. The van der Waals surface area contributed by atoms with Crippen LogP contribution in [0.5, 0.6) is 0 Å². The standard InChI is InChI=1S/C12H12N2O2/c1-2-14-10-5-6-11(16-12(10)15)9-4-3-7-13-8-9/h3-8,14H,2H2,1H3. The average molecular weight is 216 g/mol. The molecule has 0 radical (unpaired) electrons. The Hall–Kier alpha value is -2.10. The van der Waals surface area contributed by atoms with Gasteiger partial charge >= 0.3 is 5.63 Å². The lowest BCUT2D eigenvalue weighted by Gasteiger charge is -2.02. The number of nitrogens with one attached hydrogen (secondary N) is 1. The van der Waals surface area contributed by atoms with Crippen LogP contribution in [0.15, 0.2) is 45.9 Å². The third kappa shape index (κ3) is 2.11. The van der Waals surface area contributed by atoms with Crippen LogP contribution in [0.3, 0.4) is 0 Å². The van der Waals surface area contributed by atoms with E-state index in [0.717, 1.165) is 5.56 Å². The van der Waals surface area contributed by atoms with E-state index in [1.165, 1.54) is 0 Å². The van der Waals surface area contributed by atoms with Crippen LogP contribution < -0.4 is 10.9 Å². The Morgan fingerprint density at radius 2 is 2.25 bits per heavy atom. The Morgan fingerprint density at radius 3 is 2.88 bits per heavy atom. The van der Waals surface area contributed by atoms with Crippen LogP contribution in [0.25, 0.3) is 11.3 Å². The normalized spacial score (nSPS) is 10.1. The molecule has 0 spiro atoms. The lowest BCUT2D eigenvalue weighted by molar-refractivity contribution is 0.528. The smallest absolute Gasteiger partial charge is 0.359 e. The second-order valence-electron chi connectivity index (χ2n) is 3.27. The number of aromatic nitrogens is 1. The van der Waals surface area contributed by atoms with Crippen LogP contribution in [0.1, 0.15) is 6.92 Å². The Kier molecular flexibility index (Phi) is 3.00. The molecule has 0 saturated carbocycles. The molecule has 2 rings (SSSR count). The summed E-state index contributed by atoms with van der Waals surface area (Å²) in [6, 6.07) is 7.12. The van der Waals surface area contributed by atoms with Crippen molar-refractivity contribution in [1.82, 2.24) is 4.98 Å². The molecule has 2 aromatic rings. The first-order valence-electron chi connectivity index (χ1n) is 5.09. The quantitative estimate of drug-likeness (QED) is 0.853. The second-order valence-corrected chi connectivity index (χ2v) is 3.27. The largest absolute Gasteiger partial charge is 0.421 e. The summed E-state index contributed by atoms with van der Waals surface area (Å²) in [6.45, 7) is 2.62. The molecule has 0 aliphatic carbocycles. The molecule has 0 unspecified atom stereocenters. The van der Waals surface area contributed by atoms with Gasteiger partial charge in [-0.15, -0.1) is 0 Å². The highest BCUT2D eigenvalue weighted by Gasteiger charge is 2.04. The van der Waals surface area contributed by atoms with Gasteiger partial charge in [0.05, 0.1) is 0 Å². The maximum atomic E-state index is 11.6. The highest BCUT2D eigenvalue weighted by Crippen LogP contribution is 2.17. The Bertz CT molecular complexity index is 520. The first-order chi connectivity index (χ1) is 7.81. The first kappa shape index (κ1) is 10.4. The van der Waals surface area contributed by atoms with E-state index in [0.29, 0.717) is 18.0 Å². The highest BCUT2D eigenvalue weighted by molar-refractivity contribution is 5.57. The fourth-order valence-electron chi connectivity index (χ4n) is 1.40. The predicted molar refractivity (Wildman–Crippen MR) is 62.4 cm³/mol. The van der Waals surface area contributed by atoms with Gasteiger partial charge in [0.2, 0.25) is 0 Å². The third-order valence-corrected chi connectivity index (χ3v) is 2.14. The third-order valence-electron chi connectivity index (χ3n) is 2.14. The van der Waals surface area contributed by atoms with Crippen LogP contribution in [0.4, 0.5) is 5.69 Å². The molecule has 2 heterocycles. The predicted octanol–water partition coefficient (Wildman–Crippen LogP) is 2.13. The topological polar surface area (TPSA) is 55.1 Å². The molecular formula is C12H12N2O2. The SMILES string of the molecule is CCNc1ccc(-c2cccnc2)oc1=O. The monoisotopic (exact) mass is 216 g/mol. The van der Waals surface area contributed by atoms with Crippen LogP contribution in [0.2, 0.25) is 0 Å². The molecule has 2 aromatic heterocycles. The van der Waals surface area contributed by atoms with Crippen LogP contribution in [0, 0.1) is 0 Å². The van der Waals surface area contributed by atoms with E-state index in [1.54, 1.807) is 30.6 Å². The molecule has 4 heteroatoms. The molecule has 0 aliphatic rings. The van der Waals surface area contributed by atoms with Gasteiger partial charge in [0.1, 0.15) is 11.4 Å². The van der Waals surface area contributed by atoms with Gasteiger partial charge in [-0.3, -0.25) is 4.98 Å². The molecule has 0 bridgehead atoms. The minimum absolute atomic E-state index is 0.358. The van der Waals surface area contributed by atoms with Gasteiger partial charge < -0.3 is 9.73 Å². The van der Waals surface area contributed by atoms with Crippen molar-refractivity contribution >= 4 is 5.69 Å². The van der Waals surface area contributed by atoms with E-state index in [9.17, 15) is 4.79 Å². The number of anilines is 1. The summed E-state index contributed by atoms with van der Waals surface area (Å²) in [5.74, 6) is 0.528. The molecular weight excluding hydrogens is 204 g/mol. The highest BCUT2D eigenvalue weighted by atomic mass is 16.4. The number of pyridine rings is 1. The van der Waals surface area contributed by atoms with Gasteiger partial charge in [0.25, 0.3) is 0 Å². The van der Waals surface area contributed by atoms with Crippen molar-refractivity contribution in [2.24, 2.45) is 0 Å². The summed E-state index contributed by atoms with van der Waals surface area (Å²) in [7, 11) is 0. The summed E-state index contributed by atoms with van der Waals surface area (Å²) in [5.41, 5.74) is 0.918. The Balaban J connectivity index is 2.39. The van der Waals surface area contributed by atoms with Gasteiger partial charge in [0, 0.05) is 24.5 Å². The fourth-order valence-corrected chi connectivity index (χ4v) is 1.40. The summed E-state index contributed by atoms with van der Waals surface area (Å²) >= 11 is 0. The molecule has 0 atom stereocenters. The van der Waals surface area contributed by atoms with Gasteiger partial charge in [-0.1, -0.05) is 0 Å². The zero-order valence-corrected chi connectivity index (χ0v) is 8.93. The van der Waals surface area contributed by atoms with Crippen LogP contribution in [-0.4, -0.2) is 11.5 Å². The van der Waals surface area contributed by atoms with Crippen molar-refractivity contribution < 1.29 is 4.42 Å². The second kappa shape index (κ2) is 4.61. The van der Waals surface area contributed by atoms with E-state index in [-0.39, 0.29) is 5.63 Å².